The van der Waals surface area contributed by atoms with Crippen molar-refractivity contribution in [2.75, 3.05) is 11.9 Å². The summed E-state index contributed by atoms with van der Waals surface area (Å²) in [6.45, 7) is 2.97. The quantitative estimate of drug-likeness (QED) is 0.203. The summed E-state index contributed by atoms with van der Waals surface area (Å²) < 4.78 is 6.82. The number of ether oxygens (including phenoxy) is 1. The average molecular weight is 455 g/mol. The number of rotatable bonds is 10. The molecule has 0 atom stereocenters. The number of hydrogen-bond donors (Lipinski definition) is 1. The Morgan fingerprint density at radius 3 is 2.62 bits per heavy atom. The molecular weight excluding hydrogens is 433 g/mol. The maximum Gasteiger partial charge on any atom is 0.197 e. The average Bonchev–Trinajstić information content (AvgIpc) is 3.02. The molecule has 0 unspecified atom stereocenters. The number of carbonyl (C=O) groups is 1. The lowest BCUT2D eigenvalue weighted by molar-refractivity contribution is 0.105. The summed E-state index contributed by atoms with van der Waals surface area (Å²) in [6.07, 6.45) is 8.05. The standard InChI is InChI=1S/C19H22INO2S/c1-2-3-4-5-14-23-16-8-6-15(7-9-16)21-13-12-17(22)18-10-11-19(20)24-18/h6-13,21H,2-5,14H2,1H3/b13-12-. The number of anilines is 1. The van der Waals surface area contributed by atoms with Gasteiger partial charge in [0, 0.05) is 18.0 Å². The fourth-order valence-electron chi connectivity index (χ4n) is 2.11. The van der Waals surface area contributed by atoms with Gasteiger partial charge in [0.1, 0.15) is 5.75 Å². The normalized spacial score (nSPS) is 10.9. The van der Waals surface area contributed by atoms with Crippen LogP contribution in [-0.4, -0.2) is 12.4 Å². The lowest BCUT2D eigenvalue weighted by Gasteiger charge is -2.07. The number of benzene rings is 1. The van der Waals surface area contributed by atoms with E-state index in [1.54, 1.807) is 12.3 Å². The molecule has 2 aromatic rings. The number of nitrogens with one attached hydrogen (secondary N) is 1. The molecule has 1 aromatic heterocycles. The Bertz CT molecular complexity index is 664. The van der Waals surface area contributed by atoms with Gasteiger partial charge in [-0.05, 0) is 65.4 Å². The van der Waals surface area contributed by atoms with E-state index in [9.17, 15) is 4.79 Å². The second-order valence-corrected chi connectivity index (χ2v) is 8.36. The van der Waals surface area contributed by atoms with Crippen molar-refractivity contribution < 1.29 is 9.53 Å². The molecule has 0 saturated carbocycles. The molecule has 3 nitrogen and oxygen atoms in total. The van der Waals surface area contributed by atoms with Crippen LogP contribution >= 0.6 is 33.9 Å². The molecule has 0 amide bonds. The summed E-state index contributed by atoms with van der Waals surface area (Å²) in [5.41, 5.74) is 0.929. The highest BCUT2D eigenvalue weighted by atomic mass is 127. The second kappa shape index (κ2) is 10.5. The molecule has 24 heavy (non-hydrogen) atoms. The highest BCUT2D eigenvalue weighted by Gasteiger charge is 2.04. The lowest BCUT2D eigenvalue weighted by Crippen LogP contribution is -1.97. The summed E-state index contributed by atoms with van der Waals surface area (Å²) in [6, 6.07) is 11.6. The molecule has 0 aliphatic rings. The minimum absolute atomic E-state index is 0.0162. The fourth-order valence-corrected chi connectivity index (χ4v) is 3.65. The van der Waals surface area contributed by atoms with E-state index in [0.29, 0.717) is 0 Å². The molecule has 0 spiro atoms. The van der Waals surface area contributed by atoms with Crippen LogP contribution in [-0.2, 0) is 0 Å². The summed E-state index contributed by atoms with van der Waals surface area (Å²) in [7, 11) is 0. The van der Waals surface area contributed by atoms with Gasteiger partial charge in [-0.2, -0.15) is 0 Å². The third-order valence-electron chi connectivity index (χ3n) is 3.42. The zero-order chi connectivity index (χ0) is 17.2. The molecule has 0 bridgehead atoms. The Morgan fingerprint density at radius 2 is 1.96 bits per heavy atom. The molecule has 5 heteroatoms. The van der Waals surface area contributed by atoms with Crippen LogP contribution < -0.4 is 10.1 Å². The van der Waals surface area contributed by atoms with Gasteiger partial charge in [-0.3, -0.25) is 4.79 Å². The molecule has 0 radical (unpaired) electrons. The maximum atomic E-state index is 12.0. The molecular formula is C19H22INO2S. The van der Waals surface area contributed by atoms with Crippen molar-refractivity contribution in [1.29, 1.82) is 0 Å². The first kappa shape index (κ1) is 19.0. The maximum absolute atomic E-state index is 12.0. The van der Waals surface area contributed by atoms with Crippen LogP contribution in [0.5, 0.6) is 5.75 Å². The highest BCUT2D eigenvalue weighted by Crippen LogP contribution is 2.19. The Morgan fingerprint density at radius 1 is 1.17 bits per heavy atom. The molecule has 1 N–H and O–H groups in total. The lowest BCUT2D eigenvalue weighted by atomic mass is 10.2. The molecule has 0 aliphatic heterocycles. The number of thiophene rings is 1. The second-order valence-electron chi connectivity index (χ2n) is 5.38. The zero-order valence-corrected chi connectivity index (χ0v) is 16.7. The van der Waals surface area contributed by atoms with Crippen LogP contribution in [0.3, 0.4) is 0 Å². The predicted molar refractivity (Wildman–Crippen MR) is 110 cm³/mol. The summed E-state index contributed by atoms with van der Waals surface area (Å²) in [5.74, 6) is 0.896. The van der Waals surface area contributed by atoms with Crippen molar-refractivity contribution in [2.24, 2.45) is 0 Å². The molecule has 0 fully saturated rings. The highest BCUT2D eigenvalue weighted by molar-refractivity contribution is 14.1. The van der Waals surface area contributed by atoms with Crippen molar-refractivity contribution in [1.82, 2.24) is 0 Å². The van der Waals surface area contributed by atoms with E-state index in [2.05, 4.69) is 34.8 Å². The fraction of sp³-hybridized carbons (Fsp3) is 0.316. The number of ketones is 1. The number of halogens is 1. The molecule has 0 aliphatic carbocycles. The molecule has 1 heterocycles. The van der Waals surface area contributed by atoms with Crippen molar-refractivity contribution in [3.63, 3.8) is 0 Å². The Labute approximate surface area is 161 Å². The largest absolute Gasteiger partial charge is 0.494 e. The Hall–Kier alpha value is -1.34. The zero-order valence-electron chi connectivity index (χ0n) is 13.8. The van der Waals surface area contributed by atoms with E-state index in [1.165, 1.54) is 30.6 Å². The van der Waals surface area contributed by atoms with Gasteiger partial charge in [-0.25, -0.2) is 0 Å². The van der Waals surface area contributed by atoms with Gasteiger partial charge >= 0.3 is 0 Å². The summed E-state index contributed by atoms with van der Waals surface area (Å²) in [5, 5.41) is 3.11. The van der Waals surface area contributed by atoms with Crippen molar-refractivity contribution in [3.05, 3.63) is 56.4 Å². The van der Waals surface area contributed by atoms with Crippen LogP contribution in [0.2, 0.25) is 0 Å². The molecule has 0 saturated heterocycles. The Kier molecular flexibility index (Phi) is 8.32. The molecule has 2 rings (SSSR count). The van der Waals surface area contributed by atoms with Gasteiger partial charge in [-0.15, -0.1) is 11.3 Å². The summed E-state index contributed by atoms with van der Waals surface area (Å²) in [4.78, 5) is 12.7. The number of carbonyl (C=O) groups excluding carboxylic acids is 1. The third-order valence-corrected chi connectivity index (χ3v) is 5.33. The van der Waals surface area contributed by atoms with Crippen LogP contribution in [0.15, 0.2) is 48.7 Å². The number of hydrogen-bond acceptors (Lipinski definition) is 4. The van der Waals surface area contributed by atoms with E-state index in [-0.39, 0.29) is 5.78 Å². The Balaban J connectivity index is 1.75. The van der Waals surface area contributed by atoms with E-state index in [0.717, 1.165) is 32.2 Å². The molecule has 1 aromatic carbocycles. The van der Waals surface area contributed by atoms with Crippen LogP contribution in [0.1, 0.15) is 42.3 Å². The summed E-state index contributed by atoms with van der Waals surface area (Å²) >= 11 is 3.71. The van der Waals surface area contributed by atoms with Crippen molar-refractivity contribution in [2.45, 2.75) is 32.6 Å². The topological polar surface area (TPSA) is 38.3 Å². The van der Waals surface area contributed by atoms with Crippen LogP contribution in [0, 0.1) is 2.88 Å². The first-order valence-electron chi connectivity index (χ1n) is 8.14. The van der Waals surface area contributed by atoms with E-state index in [4.69, 9.17) is 4.74 Å². The predicted octanol–water partition coefficient (Wildman–Crippen LogP) is 6.12. The van der Waals surface area contributed by atoms with Gasteiger partial charge in [0.25, 0.3) is 0 Å². The number of unbranched alkanes of at least 4 members (excludes halogenated alkanes) is 3. The van der Waals surface area contributed by atoms with E-state index in [1.807, 2.05) is 36.4 Å². The first-order valence-corrected chi connectivity index (χ1v) is 10.0. The monoisotopic (exact) mass is 455 g/mol. The van der Waals surface area contributed by atoms with Crippen LogP contribution in [0.25, 0.3) is 0 Å². The van der Waals surface area contributed by atoms with E-state index >= 15 is 0 Å². The minimum Gasteiger partial charge on any atom is -0.494 e. The van der Waals surface area contributed by atoms with Gasteiger partial charge < -0.3 is 10.1 Å². The third kappa shape index (κ3) is 6.65. The van der Waals surface area contributed by atoms with E-state index < -0.39 is 0 Å². The van der Waals surface area contributed by atoms with Gasteiger partial charge in [0.2, 0.25) is 0 Å². The number of allylic oxidation sites excluding steroid dienone is 1. The SMILES string of the molecule is CCCCCCOc1ccc(N/C=C\C(=O)c2ccc(I)s2)cc1. The van der Waals surface area contributed by atoms with Crippen molar-refractivity contribution in [3.8, 4) is 5.75 Å². The van der Waals surface area contributed by atoms with Gasteiger partial charge in [0.15, 0.2) is 5.78 Å². The molecule has 128 valence electrons. The van der Waals surface area contributed by atoms with Crippen LogP contribution in [0.4, 0.5) is 5.69 Å². The first-order chi connectivity index (χ1) is 11.7. The van der Waals surface area contributed by atoms with Crippen molar-refractivity contribution >= 4 is 45.4 Å². The van der Waals surface area contributed by atoms with Gasteiger partial charge in [0.05, 0.1) is 14.4 Å². The smallest absolute Gasteiger partial charge is 0.197 e. The minimum atomic E-state index is 0.0162. The van der Waals surface area contributed by atoms with Gasteiger partial charge in [-0.1, -0.05) is 26.2 Å².